The van der Waals surface area contributed by atoms with Crippen LogP contribution in [0.15, 0.2) is 53.6 Å². The van der Waals surface area contributed by atoms with Crippen molar-refractivity contribution in [1.29, 1.82) is 0 Å². The number of hydrogen-bond acceptors (Lipinski definition) is 5. The first-order valence-corrected chi connectivity index (χ1v) is 9.07. The molecule has 2 aromatic carbocycles. The molecule has 0 aromatic heterocycles. The summed E-state index contributed by atoms with van der Waals surface area (Å²) in [5, 5.41) is 8.96. The number of carbonyl (C=O) groups is 3. The van der Waals surface area contributed by atoms with Gasteiger partial charge >= 0.3 is 11.8 Å². The summed E-state index contributed by atoms with van der Waals surface area (Å²) >= 11 is 0. The molecule has 29 heavy (non-hydrogen) atoms. The first kappa shape index (κ1) is 21.6. The molecule has 8 nitrogen and oxygen atoms in total. The predicted molar refractivity (Wildman–Crippen MR) is 111 cm³/mol. The van der Waals surface area contributed by atoms with Crippen molar-refractivity contribution in [1.82, 2.24) is 10.7 Å². The normalized spacial score (nSPS) is 10.6. The molecule has 0 spiro atoms. The van der Waals surface area contributed by atoms with E-state index in [1.54, 1.807) is 38.1 Å². The molecule has 0 aliphatic heterocycles. The average molecular weight is 396 g/mol. The van der Waals surface area contributed by atoms with Gasteiger partial charge in [0.2, 0.25) is 0 Å². The van der Waals surface area contributed by atoms with Gasteiger partial charge in [0.1, 0.15) is 5.75 Å². The number of amides is 3. The van der Waals surface area contributed by atoms with Crippen LogP contribution in [-0.2, 0) is 14.4 Å². The van der Waals surface area contributed by atoms with Crippen LogP contribution < -0.4 is 20.8 Å². The maximum Gasteiger partial charge on any atom is 0.329 e. The molecule has 0 atom stereocenters. The van der Waals surface area contributed by atoms with Gasteiger partial charge in [0.05, 0.1) is 6.21 Å². The van der Waals surface area contributed by atoms with Crippen LogP contribution >= 0.6 is 0 Å². The fraction of sp³-hybridized carbons (Fsp3) is 0.238. The molecule has 0 fully saturated rings. The molecule has 3 amide bonds. The Morgan fingerprint density at radius 3 is 2.48 bits per heavy atom. The van der Waals surface area contributed by atoms with Crippen molar-refractivity contribution in [3.05, 3.63) is 59.7 Å². The van der Waals surface area contributed by atoms with E-state index in [9.17, 15) is 14.4 Å². The first-order valence-electron chi connectivity index (χ1n) is 9.07. The highest BCUT2D eigenvalue weighted by molar-refractivity contribution is 6.35. The fourth-order valence-corrected chi connectivity index (χ4v) is 2.21. The van der Waals surface area contributed by atoms with Crippen molar-refractivity contribution in [3.8, 4) is 5.75 Å². The largest absolute Gasteiger partial charge is 0.484 e. The van der Waals surface area contributed by atoms with E-state index in [2.05, 4.69) is 21.2 Å². The predicted octanol–water partition coefficient (Wildman–Crippen LogP) is 1.99. The SMILES string of the molecule is Cc1ccc(NC(=O)COc2cccc(/C=N\NC(=O)C(=O)NC(C)C)c2)cc1. The van der Waals surface area contributed by atoms with Crippen molar-refractivity contribution in [2.24, 2.45) is 5.10 Å². The van der Waals surface area contributed by atoms with Crippen molar-refractivity contribution in [3.63, 3.8) is 0 Å². The van der Waals surface area contributed by atoms with Crippen molar-refractivity contribution in [2.45, 2.75) is 26.8 Å². The number of nitrogens with one attached hydrogen (secondary N) is 3. The molecule has 0 radical (unpaired) electrons. The van der Waals surface area contributed by atoms with Crippen molar-refractivity contribution < 1.29 is 19.1 Å². The molecule has 0 unspecified atom stereocenters. The number of benzene rings is 2. The highest BCUT2D eigenvalue weighted by Crippen LogP contribution is 2.13. The van der Waals surface area contributed by atoms with Gasteiger partial charge in [-0.15, -0.1) is 0 Å². The molecule has 0 aliphatic rings. The summed E-state index contributed by atoms with van der Waals surface area (Å²) in [6, 6.07) is 14.1. The number of carbonyl (C=O) groups excluding carboxylic acids is 3. The van der Waals surface area contributed by atoms with E-state index in [0.717, 1.165) is 5.56 Å². The Morgan fingerprint density at radius 2 is 1.79 bits per heavy atom. The Balaban J connectivity index is 1.84. The third kappa shape index (κ3) is 7.84. The molecule has 0 bridgehead atoms. The summed E-state index contributed by atoms with van der Waals surface area (Å²) in [5.41, 5.74) is 4.58. The van der Waals surface area contributed by atoms with E-state index in [4.69, 9.17) is 4.74 Å². The molecule has 3 N–H and O–H groups in total. The zero-order valence-electron chi connectivity index (χ0n) is 16.6. The lowest BCUT2D eigenvalue weighted by atomic mass is 10.2. The standard InChI is InChI=1S/C21H24N4O4/c1-14(2)23-20(27)21(28)25-22-12-16-5-4-6-18(11-16)29-13-19(26)24-17-9-7-15(3)8-10-17/h4-12,14H,13H2,1-3H3,(H,23,27)(H,24,26)(H,25,28)/b22-12-. The van der Waals surface area contributed by atoms with Crippen LogP contribution in [0.25, 0.3) is 0 Å². The van der Waals surface area contributed by atoms with Gasteiger partial charge in [0.25, 0.3) is 5.91 Å². The molecule has 0 heterocycles. The van der Waals surface area contributed by atoms with Gasteiger partial charge in [-0.3, -0.25) is 14.4 Å². The number of hydrogen-bond donors (Lipinski definition) is 3. The Kier molecular flexibility index (Phi) is 7.90. The molecule has 2 rings (SSSR count). The van der Waals surface area contributed by atoms with Gasteiger partial charge in [-0.05, 0) is 50.6 Å². The van der Waals surface area contributed by atoms with Gasteiger partial charge in [-0.1, -0.05) is 29.8 Å². The van der Waals surface area contributed by atoms with E-state index in [1.807, 2.05) is 31.2 Å². The first-order chi connectivity index (χ1) is 13.8. The smallest absolute Gasteiger partial charge is 0.329 e. The van der Waals surface area contributed by atoms with Crippen LogP contribution in [0, 0.1) is 6.92 Å². The number of hydrazone groups is 1. The maximum atomic E-state index is 12.0. The van der Waals surface area contributed by atoms with Gasteiger partial charge in [0, 0.05) is 11.7 Å². The Hall–Kier alpha value is -3.68. The topological polar surface area (TPSA) is 109 Å². The van der Waals surface area contributed by atoms with Crippen LogP contribution in [-0.4, -0.2) is 36.6 Å². The number of ether oxygens (including phenoxy) is 1. The number of nitrogens with zero attached hydrogens (tertiary/aromatic N) is 1. The van der Waals surface area contributed by atoms with E-state index < -0.39 is 11.8 Å². The van der Waals surface area contributed by atoms with E-state index in [-0.39, 0.29) is 18.6 Å². The molecular formula is C21H24N4O4. The van der Waals surface area contributed by atoms with Crippen LogP contribution in [0.2, 0.25) is 0 Å². The monoisotopic (exact) mass is 396 g/mol. The van der Waals surface area contributed by atoms with Crippen molar-refractivity contribution >= 4 is 29.6 Å². The third-order valence-electron chi connectivity index (χ3n) is 3.57. The Morgan fingerprint density at radius 1 is 1.07 bits per heavy atom. The van der Waals surface area contributed by atoms with Crippen LogP contribution in [0.5, 0.6) is 5.75 Å². The lowest BCUT2D eigenvalue weighted by Gasteiger charge is -2.08. The lowest BCUT2D eigenvalue weighted by molar-refractivity contribution is -0.139. The van der Waals surface area contributed by atoms with Crippen molar-refractivity contribution in [2.75, 3.05) is 11.9 Å². The lowest BCUT2D eigenvalue weighted by Crippen LogP contribution is -2.41. The minimum atomic E-state index is -0.852. The Bertz CT molecular complexity index is 892. The zero-order valence-corrected chi connectivity index (χ0v) is 16.6. The average Bonchev–Trinajstić information content (AvgIpc) is 2.68. The van der Waals surface area contributed by atoms with Crippen LogP contribution in [0.1, 0.15) is 25.0 Å². The second-order valence-electron chi connectivity index (χ2n) is 6.60. The minimum Gasteiger partial charge on any atom is -0.484 e. The molecule has 2 aromatic rings. The third-order valence-corrected chi connectivity index (χ3v) is 3.57. The van der Waals surface area contributed by atoms with Crippen LogP contribution in [0.4, 0.5) is 5.69 Å². The molecule has 0 aliphatic carbocycles. The second-order valence-corrected chi connectivity index (χ2v) is 6.60. The fourth-order valence-electron chi connectivity index (χ4n) is 2.21. The number of rotatable bonds is 7. The Labute approximate surface area is 169 Å². The van der Waals surface area contributed by atoms with E-state index in [1.165, 1.54) is 6.21 Å². The summed E-state index contributed by atoms with van der Waals surface area (Å²) in [5.74, 6) is -1.42. The summed E-state index contributed by atoms with van der Waals surface area (Å²) in [7, 11) is 0. The highest BCUT2D eigenvalue weighted by Gasteiger charge is 2.12. The quantitative estimate of drug-likeness (QED) is 0.378. The summed E-state index contributed by atoms with van der Waals surface area (Å²) in [4.78, 5) is 35.1. The zero-order chi connectivity index (χ0) is 21.2. The van der Waals surface area contributed by atoms with Gasteiger partial charge in [-0.2, -0.15) is 5.10 Å². The molecule has 0 saturated heterocycles. The second kappa shape index (κ2) is 10.6. The van der Waals surface area contributed by atoms with Gasteiger partial charge < -0.3 is 15.4 Å². The minimum absolute atomic E-state index is 0.144. The highest BCUT2D eigenvalue weighted by atomic mass is 16.5. The number of anilines is 1. The molecule has 8 heteroatoms. The summed E-state index contributed by atoms with van der Waals surface area (Å²) in [6.07, 6.45) is 1.37. The van der Waals surface area contributed by atoms with Gasteiger partial charge in [0.15, 0.2) is 6.61 Å². The molecular weight excluding hydrogens is 372 g/mol. The maximum absolute atomic E-state index is 12.0. The van der Waals surface area contributed by atoms with Gasteiger partial charge in [-0.25, -0.2) is 5.43 Å². The molecule has 0 saturated carbocycles. The summed E-state index contributed by atoms with van der Waals surface area (Å²) < 4.78 is 5.49. The van der Waals surface area contributed by atoms with Crippen LogP contribution in [0.3, 0.4) is 0 Å². The molecule has 152 valence electrons. The van der Waals surface area contributed by atoms with E-state index in [0.29, 0.717) is 17.0 Å². The van der Waals surface area contributed by atoms with E-state index >= 15 is 0 Å². The summed E-state index contributed by atoms with van der Waals surface area (Å²) in [6.45, 7) is 5.32. The number of aryl methyl sites for hydroxylation is 1.